The molecule has 3 aromatic heterocycles. The van der Waals surface area contributed by atoms with Gasteiger partial charge in [-0.05, 0) is 50.6 Å². The van der Waals surface area contributed by atoms with Crippen molar-refractivity contribution in [3.8, 4) is 10.7 Å². The molecule has 22 heavy (non-hydrogen) atoms. The van der Waals surface area contributed by atoms with E-state index in [4.69, 9.17) is 4.98 Å². The summed E-state index contributed by atoms with van der Waals surface area (Å²) in [5, 5.41) is 0. The van der Waals surface area contributed by atoms with Crippen LogP contribution in [0.5, 0.6) is 0 Å². The van der Waals surface area contributed by atoms with Crippen molar-refractivity contribution < 1.29 is 0 Å². The molecule has 0 saturated carbocycles. The number of rotatable bonds is 3. The van der Waals surface area contributed by atoms with Crippen LogP contribution in [0.4, 0.5) is 0 Å². The zero-order valence-corrected chi connectivity index (χ0v) is 13.8. The molecule has 3 aromatic rings. The smallest absolute Gasteiger partial charge is 0.161 e. The van der Waals surface area contributed by atoms with Crippen LogP contribution >= 0.6 is 11.3 Å². The van der Waals surface area contributed by atoms with Crippen molar-refractivity contribution in [2.24, 2.45) is 0 Å². The quantitative estimate of drug-likeness (QED) is 0.730. The van der Waals surface area contributed by atoms with Crippen LogP contribution in [0.2, 0.25) is 0 Å². The predicted molar refractivity (Wildman–Crippen MR) is 91.1 cm³/mol. The van der Waals surface area contributed by atoms with E-state index in [1.54, 1.807) is 0 Å². The predicted octanol–water partition coefficient (Wildman–Crippen LogP) is 4.08. The van der Waals surface area contributed by atoms with Crippen molar-refractivity contribution in [2.75, 3.05) is 13.1 Å². The van der Waals surface area contributed by atoms with Gasteiger partial charge in [0.1, 0.15) is 5.52 Å². The first-order valence-electron chi connectivity index (χ1n) is 7.91. The van der Waals surface area contributed by atoms with Gasteiger partial charge in [0.05, 0.1) is 11.0 Å². The number of likely N-dealkylation sites (tertiary alicyclic amines) is 1. The van der Waals surface area contributed by atoms with Crippen LogP contribution in [0.3, 0.4) is 0 Å². The summed E-state index contributed by atoms with van der Waals surface area (Å²) in [5.41, 5.74) is 2.00. The summed E-state index contributed by atoms with van der Waals surface area (Å²) < 4.78 is 2.36. The molecule has 1 unspecified atom stereocenters. The topological polar surface area (TPSA) is 34.0 Å². The molecular formula is C17H20N4S. The number of aromatic nitrogens is 3. The van der Waals surface area contributed by atoms with E-state index in [0.717, 1.165) is 30.1 Å². The second-order valence-electron chi connectivity index (χ2n) is 5.81. The molecule has 0 amide bonds. The molecule has 1 aliphatic rings. The van der Waals surface area contributed by atoms with Crippen LogP contribution < -0.4 is 0 Å². The maximum Gasteiger partial charge on any atom is 0.161 e. The highest BCUT2D eigenvalue weighted by Gasteiger charge is 2.29. The second kappa shape index (κ2) is 5.48. The van der Waals surface area contributed by atoms with Crippen molar-refractivity contribution in [1.29, 1.82) is 0 Å². The fourth-order valence-corrected chi connectivity index (χ4v) is 4.26. The molecule has 114 valence electrons. The minimum atomic E-state index is 0.377. The number of fused-ring (bicyclic) bond motifs is 1. The Labute approximate surface area is 134 Å². The zero-order valence-electron chi connectivity index (χ0n) is 13.0. The van der Waals surface area contributed by atoms with Crippen LogP contribution in [0.25, 0.3) is 21.9 Å². The van der Waals surface area contributed by atoms with Crippen molar-refractivity contribution in [3.05, 3.63) is 35.3 Å². The molecule has 4 nitrogen and oxygen atoms in total. The van der Waals surface area contributed by atoms with Crippen molar-refractivity contribution in [1.82, 2.24) is 19.4 Å². The summed E-state index contributed by atoms with van der Waals surface area (Å²) in [5.74, 6) is 1.07. The zero-order chi connectivity index (χ0) is 15.1. The summed E-state index contributed by atoms with van der Waals surface area (Å²) in [6.45, 7) is 6.61. The van der Waals surface area contributed by atoms with E-state index in [-0.39, 0.29) is 0 Å². The molecule has 4 heterocycles. The Morgan fingerprint density at radius 1 is 1.32 bits per heavy atom. The van der Waals surface area contributed by atoms with Crippen molar-refractivity contribution in [3.63, 3.8) is 0 Å². The van der Waals surface area contributed by atoms with E-state index in [1.807, 2.05) is 23.6 Å². The highest BCUT2D eigenvalue weighted by Crippen LogP contribution is 2.36. The van der Waals surface area contributed by atoms with E-state index >= 15 is 0 Å². The van der Waals surface area contributed by atoms with Gasteiger partial charge in [0, 0.05) is 17.6 Å². The molecule has 1 saturated heterocycles. The molecule has 0 N–H and O–H groups in total. The van der Waals surface area contributed by atoms with E-state index in [0.29, 0.717) is 6.17 Å². The SMILES string of the molecule is CCN1CCCC1n1c(-c2ccc(C)s2)nc2cccnc21. The Kier molecular flexibility index (Phi) is 3.47. The lowest BCUT2D eigenvalue weighted by atomic mass is 10.3. The van der Waals surface area contributed by atoms with Gasteiger partial charge >= 0.3 is 0 Å². The first-order valence-corrected chi connectivity index (χ1v) is 8.73. The molecule has 0 aromatic carbocycles. The van der Waals surface area contributed by atoms with Crippen molar-refractivity contribution >= 4 is 22.5 Å². The summed E-state index contributed by atoms with van der Waals surface area (Å²) in [6, 6.07) is 8.38. The van der Waals surface area contributed by atoms with Gasteiger partial charge in [-0.1, -0.05) is 6.92 Å². The summed E-state index contributed by atoms with van der Waals surface area (Å²) in [7, 11) is 0. The highest BCUT2D eigenvalue weighted by molar-refractivity contribution is 7.15. The Bertz CT molecular complexity index is 804. The van der Waals surface area contributed by atoms with Gasteiger partial charge in [0.15, 0.2) is 11.5 Å². The molecule has 0 radical (unpaired) electrons. The normalized spacial score (nSPS) is 19.3. The van der Waals surface area contributed by atoms with E-state index in [2.05, 4.69) is 46.5 Å². The molecule has 1 atom stereocenters. The van der Waals surface area contributed by atoms with Gasteiger partial charge in [0.25, 0.3) is 0 Å². The fourth-order valence-electron chi connectivity index (χ4n) is 3.41. The van der Waals surface area contributed by atoms with Gasteiger partial charge in [0.2, 0.25) is 0 Å². The fraction of sp³-hybridized carbons (Fsp3) is 0.412. The largest absolute Gasteiger partial charge is 0.291 e. The molecule has 0 bridgehead atoms. The average Bonchev–Trinajstić information content (AvgIpc) is 3.22. The lowest BCUT2D eigenvalue weighted by Gasteiger charge is -2.25. The Balaban J connectivity index is 1.94. The van der Waals surface area contributed by atoms with Crippen LogP contribution in [-0.2, 0) is 0 Å². The van der Waals surface area contributed by atoms with E-state index in [1.165, 1.54) is 22.6 Å². The number of aryl methyl sites for hydroxylation is 1. The maximum absolute atomic E-state index is 4.89. The number of imidazole rings is 1. The van der Waals surface area contributed by atoms with Crippen LogP contribution in [0.15, 0.2) is 30.5 Å². The molecule has 0 aliphatic carbocycles. The average molecular weight is 312 g/mol. The molecule has 0 spiro atoms. The third kappa shape index (κ3) is 2.16. The molecule has 1 fully saturated rings. The van der Waals surface area contributed by atoms with Gasteiger partial charge in [-0.2, -0.15) is 0 Å². The van der Waals surface area contributed by atoms with Gasteiger partial charge in [-0.3, -0.25) is 9.47 Å². The standard InChI is InChI=1S/C17H20N4S/c1-3-20-11-5-7-15(20)21-16-13(6-4-10-18-16)19-17(21)14-9-8-12(2)22-14/h4,6,8-10,15H,3,5,7,11H2,1-2H3. The minimum Gasteiger partial charge on any atom is -0.291 e. The lowest BCUT2D eigenvalue weighted by molar-refractivity contribution is 0.209. The molecule has 4 rings (SSSR count). The third-order valence-electron chi connectivity index (χ3n) is 4.44. The first kappa shape index (κ1) is 13.9. The number of thiophene rings is 1. The highest BCUT2D eigenvalue weighted by atomic mass is 32.1. The number of hydrogen-bond donors (Lipinski definition) is 0. The first-order chi connectivity index (χ1) is 10.8. The number of hydrogen-bond acceptors (Lipinski definition) is 4. The monoisotopic (exact) mass is 312 g/mol. The van der Waals surface area contributed by atoms with Crippen molar-refractivity contribution in [2.45, 2.75) is 32.9 Å². The van der Waals surface area contributed by atoms with Gasteiger partial charge < -0.3 is 0 Å². The number of nitrogens with zero attached hydrogens (tertiary/aromatic N) is 4. The molecule has 5 heteroatoms. The van der Waals surface area contributed by atoms with Crippen LogP contribution in [0.1, 0.15) is 30.8 Å². The summed E-state index contributed by atoms with van der Waals surface area (Å²) >= 11 is 1.81. The summed E-state index contributed by atoms with van der Waals surface area (Å²) in [6.07, 6.45) is 4.67. The van der Waals surface area contributed by atoms with Crippen LogP contribution in [0, 0.1) is 6.92 Å². The van der Waals surface area contributed by atoms with Gasteiger partial charge in [-0.15, -0.1) is 11.3 Å². The lowest BCUT2D eigenvalue weighted by Crippen LogP contribution is -2.27. The van der Waals surface area contributed by atoms with Crippen LogP contribution in [-0.4, -0.2) is 32.5 Å². The third-order valence-corrected chi connectivity index (χ3v) is 5.44. The number of pyridine rings is 1. The molecular weight excluding hydrogens is 292 g/mol. The Morgan fingerprint density at radius 2 is 2.23 bits per heavy atom. The summed E-state index contributed by atoms with van der Waals surface area (Å²) in [4.78, 5) is 14.6. The van der Waals surface area contributed by atoms with E-state index < -0.39 is 0 Å². The van der Waals surface area contributed by atoms with Gasteiger partial charge in [-0.25, -0.2) is 9.97 Å². The minimum absolute atomic E-state index is 0.377. The Hall–Kier alpha value is -1.72. The Morgan fingerprint density at radius 3 is 3.00 bits per heavy atom. The van der Waals surface area contributed by atoms with E-state index in [9.17, 15) is 0 Å². The second-order valence-corrected chi connectivity index (χ2v) is 7.10. The maximum atomic E-state index is 4.89. The molecule has 1 aliphatic heterocycles.